The van der Waals surface area contributed by atoms with Crippen molar-refractivity contribution in [3.05, 3.63) is 82.3 Å². The summed E-state index contributed by atoms with van der Waals surface area (Å²) in [7, 11) is 0. The molecule has 0 spiro atoms. The molecule has 0 aliphatic heterocycles. The van der Waals surface area contributed by atoms with Gasteiger partial charge < -0.3 is 9.73 Å². The number of hydrogen-bond donors (Lipinski definition) is 1. The van der Waals surface area contributed by atoms with Crippen molar-refractivity contribution in [1.82, 2.24) is 14.8 Å². The maximum Gasteiger partial charge on any atom is 0.234 e. The van der Waals surface area contributed by atoms with Crippen molar-refractivity contribution in [3.63, 3.8) is 0 Å². The average molecular weight is 467 g/mol. The van der Waals surface area contributed by atoms with Crippen molar-refractivity contribution in [2.45, 2.75) is 32.5 Å². The van der Waals surface area contributed by atoms with Crippen LogP contribution in [0.4, 0.5) is 5.69 Å². The molecular weight excluding hydrogens is 444 g/mol. The maximum atomic E-state index is 12.7. The van der Waals surface area contributed by atoms with Gasteiger partial charge in [-0.1, -0.05) is 41.1 Å². The summed E-state index contributed by atoms with van der Waals surface area (Å²) >= 11 is 7.37. The van der Waals surface area contributed by atoms with E-state index in [1.54, 1.807) is 6.26 Å². The van der Waals surface area contributed by atoms with Gasteiger partial charge in [-0.2, -0.15) is 0 Å². The minimum atomic E-state index is -0.0920. The smallest absolute Gasteiger partial charge is 0.234 e. The Balaban J connectivity index is 1.54. The van der Waals surface area contributed by atoms with Gasteiger partial charge >= 0.3 is 0 Å². The molecule has 4 aromatic rings. The SMILES string of the molecule is Cc1cc(C)c(NC(=O)CSc2nnc(-c3ccc(Cl)cc3)n2Cc2ccco2)c(C)c1. The third kappa shape index (κ3) is 5.06. The van der Waals surface area contributed by atoms with E-state index < -0.39 is 0 Å². The van der Waals surface area contributed by atoms with Gasteiger partial charge in [-0.15, -0.1) is 10.2 Å². The summed E-state index contributed by atoms with van der Waals surface area (Å²) in [6.07, 6.45) is 1.63. The van der Waals surface area contributed by atoms with E-state index in [1.807, 2.05) is 61.7 Å². The Morgan fingerprint density at radius 1 is 1.09 bits per heavy atom. The molecule has 1 N–H and O–H groups in total. The van der Waals surface area contributed by atoms with Crippen LogP contribution in [0.2, 0.25) is 5.02 Å². The zero-order valence-electron chi connectivity index (χ0n) is 18.1. The van der Waals surface area contributed by atoms with E-state index in [4.69, 9.17) is 16.0 Å². The first-order valence-electron chi connectivity index (χ1n) is 10.1. The van der Waals surface area contributed by atoms with Gasteiger partial charge in [0.1, 0.15) is 5.76 Å². The molecule has 6 nitrogen and oxygen atoms in total. The number of hydrogen-bond acceptors (Lipinski definition) is 5. The first-order valence-corrected chi connectivity index (χ1v) is 11.5. The minimum absolute atomic E-state index is 0.0920. The number of carbonyl (C=O) groups is 1. The topological polar surface area (TPSA) is 73.0 Å². The molecule has 2 aromatic carbocycles. The van der Waals surface area contributed by atoms with Crippen molar-refractivity contribution in [1.29, 1.82) is 0 Å². The second kappa shape index (κ2) is 9.63. The number of aryl methyl sites for hydroxylation is 3. The van der Waals surface area contributed by atoms with Gasteiger partial charge in [0.2, 0.25) is 5.91 Å². The number of aromatic nitrogens is 3. The number of rotatable bonds is 7. The highest BCUT2D eigenvalue weighted by atomic mass is 35.5. The van der Waals surface area contributed by atoms with Gasteiger partial charge in [0, 0.05) is 16.3 Å². The lowest BCUT2D eigenvalue weighted by Crippen LogP contribution is -2.16. The molecule has 0 aliphatic rings. The van der Waals surface area contributed by atoms with Gasteiger partial charge in [0.15, 0.2) is 11.0 Å². The number of halogens is 1. The molecule has 0 fully saturated rings. The highest BCUT2D eigenvalue weighted by molar-refractivity contribution is 7.99. The lowest BCUT2D eigenvalue weighted by Gasteiger charge is -2.13. The molecule has 4 rings (SSSR count). The lowest BCUT2D eigenvalue weighted by molar-refractivity contribution is -0.113. The molecule has 0 bridgehead atoms. The summed E-state index contributed by atoms with van der Waals surface area (Å²) in [6.45, 7) is 6.51. The number of furan rings is 1. The summed E-state index contributed by atoms with van der Waals surface area (Å²) in [6, 6.07) is 15.3. The van der Waals surface area contributed by atoms with E-state index in [9.17, 15) is 4.79 Å². The molecule has 0 atom stereocenters. The van der Waals surface area contributed by atoms with Crippen molar-refractivity contribution >= 4 is 35.0 Å². The van der Waals surface area contributed by atoms with Crippen LogP contribution in [0.25, 0.3) is 11.4 Å². The Labute approximate surface area is 196 Å². The fraction of sp³-hybridized carbons (Fsp3) is 0.208. The van der Waals surface area contributed by atoms with E-state index in [0.717, 1.165) is 28.1 Å². The Morgan fingerprint density at radius 2 is 1.81 bits per heavy atom. The first kappa shape index (κ1) is 22.2. The Hall–Kier alpha value is -3.03. The monoisotopic (exact) mass is 466 g/mol. The molecule has 2 heterocycles. The number of nitrogens with one attached hydrogen (secondary N) is 1. The fourth-order valence-corrected chi connectivity index (χ4v) is 4.46. The largest absolute Gasteiger partial charge is 0.467 e. The van der Waals surface area contributed by atoms with Crippen molar-refractivity contribution in [3.8, 4) is 11.4 Å². The molecule has 0 saturated heterocycles. The summed E-state index contributed by atoms with van der Waals surface area (Å²) < 4.78 is 7.47. The van der Waals surface area contributed by atoms with Crippen molar-refractivity contribution < 1.29 is 9.21 Å². The van der Waals surface area contributed by atoms with E-state index in [2.05, 4.69) is 27.6 Å². The number of anilines is 1. The van der Waals surface area contributed by atoms with E-state index >= 15 is 0 Å². The van der Waals surface area contributed by atoms with Crippen LogP contribution in [-0.4, -0.2) is 26.4 Å². The molecule has 1 amide bonds. The van der Waals surface area contributed by atoms with Gasteiger partial charge in [-0.3, -0.25) is 9.36 Å². The average Bonchev–Trinajstić information content (AvgIpc) is 3.40. The van der Waals surface area contributed by atoms with E-state index in [-0.39, 0.29) is 11.7 Å². The van der Waals surface area contributed by atoms with Crippen LogP contribution in [0.15, 0.2) is 64.4 Å². The Morgan fingerprint density at radius 3 is 2.47 bits per heavy atom. The van der Waals surface area contributed by atoms with Crippen LogP contribution >= 0.6 is 23.4 Å². The van der Waals surface area contributed by atoms with Crippen molar-refractivity contribution in [2.24, 2.45) is 0 Å². The van der Waals surface area contributed by atoms with Crippen LogP contribution < -0.4 is 5.32 Å². The highest BCUT2D eigenvalue weighted by Gasteiger charge is 2.18. The summed E-state index contributed by atoms with van der Waals surface area (Å²) in [4.78, 5) is 12.7. The Bertz CT molecular complexity index is 1210. The van der Waals surface area contributed by atoms with Gasteiger partial charge in [-0.05, 0) is 68.3 Å². The molecule has 0 aliphatic carbocycles. The van der Waals surface area contributed by atoms with Crippen LogP contribution in [0.1, 0.15) is 22.5 Å². The van der Waals surface area contributed by atoms with E-state index in [0.29, 0.717) is 22.5 Å². The predicted molar refractivity (Wildman–Crippen MR) is 128 cm³/mol. The molecular formula is C24H23ClN4O2S. The molecule has 8 heteroatoms. The van der Waals surface area contributed by atoms with Gasteiger partial charge in [-0.25, -0.2) is 0 Å². The minimum Gasteiger partial charge on any atom is -0.467 e. The molecule has 2 aromatic heterocycles. The summed E-state index contributed by atoms with van der Waals surface area (Å²) in [5.41, 5.74) is 5.02. The number of carbonyl (C=O) groups excluding carboxylic acids is 1. The van der Waals surface area contributed by atoms with Crippen LogP contribution in [-0.2, 0) is 11.3 Å². The summed E-state index contributed by atoms with van der Waals surface area (Å²) in [5, 5.41) is 13.0. The number of benzene rings is 2. The molecule has 164 valence electrons. The highest BCUT2D eigenvalue weighted by Crippen LogP contribution is 2.27. The zero-order chi connectivity index (χ0) is 22.7. The van der Waals surface area contributed by atoms with Crippen LogP contribution in [0.5, 0.6) is 0 Å². The third-order valence-electron chi connectivity index (χ3n) is 4.99. The van der Waals surface area contributed by atoms with Gasteiger partial charge in [0.25, 0.3) is 0 Å². The zero-order valence-corrected chi connectivity index (χ0v) is 19.6. The van der Waals surface area contributed by atoms with Gasteiger partial charge in [0.05, 0.1) is 18.6 Å². The Kier molecular flexibility index (Phi) is 6.67. The lowest BCUT2D eigenvalue weighted by atomic mass is 10.1. The third-order valence-corrected chi connectivity index (χ3v) is 6.21. The number of nitrogens with zero attached hydrogens (tertiary/aromatic N) is 3. The molecule has 0 radical (unpaired) electrons. The quantitative estimate of drug-likeness (QED) is 0.343. The predicted octanol–water partition coefficient (Wildman–Crippen LogP) is 5.90. The fourth-order valence-electron chi connectivity index (χ4n) is 3.59. The standard InChI is InChI=1S/C24H23ClN4O2S/c1-15-11-16(2)22(17(3)12-15)26-21(30)14-32-24-28-27-23(18-6-8-19(25)9-7-18)29(24)13-20-5-4-10-31-20/h4-12H,13-14H2,1-3H3,(H,26,30). The number of amides is 1. The number of thioether (sulfide) groups is 1. The molecule has 0 unspecified atom stereocenters. The molecule has 0 saturated carbocycles. The first-order chi connectivity index (χ1) is 15.4. The van der Waals surface area contributed by atoms with Crippen molar-refractivity contribution in [2.75, 3.05) is 11.1 Å². The van der Waals surface area contributed by atoms with Crippen LogP contribution in [0, 0.1) is 20.8 Å². The normalized spacial score (nSPS) is 11.0. The summed E-state index contributed by atoms with van der Waals surface area (Å²) in [5.74, 6) is 1.58. The second-order valence-corrected chi connectivity index (χ2v) is 8.97. The van der Waals surface area contributed by atoms with E-state index in [1.165, 1.54) is 17.3 Å². The maximum absolute atomic E-state index is 12.7. The second-order valence-electron chi connectivity index (χ2n) is 7.59. The molecule has 32 heavy (non-hydrogen) atoms. The van der Waals surface area contributed by atoms with Crippen LogP contribution in [0.3, 0.4) is 0 Å².